The quantitative estimate of drug-likeness (QED) is 0.855. The number of pyridine rings is 1. The molecule has 23 heavy (non-hydrogen) atoms. The zero-order chi connectivity index (χ0) is 16.7. The van der Waals surface area contributed by atoms with Crippen LogP contribution in [0.25, 0.3) is 0 Å². The predicted molar refractivity (Wildman–Crippen MR) is 92.8 cm³/mol. The summed E-state index contributed by atoms with van der Waals surface area (Å²) in [4.78, 5) is 19.0. The summed E-state index contributed by atoms with van der Waals surface area (Å²) in [5.41, 5.74) is 3.26. The van der Waals surface area contributed by atoms with Crippen LogP contribution in [0.1, 0.15) is 23.7 Å². The lowest BCUT2D eigenvalue weighted by Crippen LogP contribution is -2.38. The van der Waals surface area contributed by atoms with Gasteiger partial charge in [-0.25, -0.2) is 0 Å². The van der Waals surface area contributed by atoms with Gasteiger partial charge in [0.05, 0.1) is 12.2 Å². The Hall–Kier alpha value is -2.20. The minimum absolute atomic E-state index is 0.0616. The fraction of sp³-hybridized carbons (Fsp3) is 0.368. The average Bonchev–Trinajstić information content (AvgIpc) is 2.55. The molecule has 0 fully saturated rings. The molecule has 1 heterocycles. The molecular formula is C19H25N3O. The minimum atomic E-state index is -0.0616. The second kappa shape index (κ2) is 8.44. The molecular weight excluding hydrogens is 286 g/mol. The number of nitrogens with zero attached hydrogens (tertiary/aromatic N) is 2. The van der Waals surface area contributed by atoms with Gasteiger partial charge in [0.1, 0.15) is 0 Å². The monoisotopic (exact) mass is 311 g/mol. The second-order valence-corrected chi connectivity index (χ2v) is 5.96. The number of amides is 1. The van der Waals surface area contributed by atoms with Gasteiger partial charge in [-0.15, -0.1) is 0 Å². The molecule has 0 radical (unpaired) electrons. The van der Waals surface area contributed by atoms with Crippen LogP contribution >= 0.6 is 0 Å². The number of aromatic nitrogens is 1. The van der Waals surface area contributed by atoms with E-state index < -0.39 is 0 Å². The topological polar surface area (TPSA) is 45.2 Å². The van der Waals surface area contributed by atoms with Gasteiger partial charge in [-0.3, -0.25) is 9.78 Å². The van der Waals surface area contributed by atoms with Crippen molar-refractivity contribution in [1.82, 2.24) is 15.2 Å². The summed E-state index contributed by atoms with van der Waals surface area (Å²) in [7, 11) is 1.87. The van der Waals surface area contributed by atoms with Crippen LogP contribution in [-0.2, 0) is 17.9 Å². The maximum atomic E-state index is 12.8. The third kappa shape index (κ3) is 5.18. The molecule has 1 atom stereocenters. The molecule has 2 aromatic rings. The van der Waals surface area contributed by atoms with Crippen molar-refractivity contribution in [2.24, 2.45) is 5.92 Å². The van der Waals surface area contributed by atoms with E-state index in [2.05, 4.69) is 35.4 Å². The van der Waals surface area contributed by atoms with Crippen LogP contribution in [0.3, 0.4) is 0 Å². The molecule has 1 N–H and O–H groups in total. The van der Waals surface area contributed by atoms with E-state index in [9.17, 15) is 4.79 Å². The van der Waals surface area contributed by atoms with Gasteiger partial charge >= 0.3 is 0 Å². The number of aryl methyl sites for hydroxylation is 1. The molecule has 2 rings (SSSR count). The van der Waals surface area contributed by atoms with Crippen LogP contribution < -0.4 is 5.32 Å². The highest BCUT2D eigenvalue weighted by molar-refractivity contribution is 5.78. The maximum absolute atomic E-state index is 12.8. The molecule has 122 valence electrons. The second-order valence-electron chi connectivity index (χ2n) is 5.96. The zero-order valence-electron chi connectivity index (χ0n) is 14.1. The molecule has 1 amide bonds. The fourth-order valence-electron chi connectivity index (χ4n) is 2.63. The van der Waals surface area contributed by atoms with E-state index in [4.69, 9.17) is 0 Å². The Bertz CT molecular complexity index is 628. The summed E-state index contributed by atoms with van der Waals surface area (Å²) in [5.74, 6) is 0.0834. The van der Waals surface area contributed by atoms with Crippen molar-refractivity contribution in [1.29, 1.82) is 0 Å². The molecule has 4 nitrogen and oxygen atoms in total. The summed E-state index contributed by atoms with van der Waals surface area (Å²) in [6.07, 6.45) is 1.77. The van der Waals surface area contributed by atoms with Crippen molar-refractivity contribution in [3.8, 4) is 0 Å². The van der Waals surface area contributed by atoms with E-state index in [1.807, 2.05) is 43.1 Å². The van der Waals surface area contributed by atoms with Crippen molar-refractivity contribution in [3.05, 3.63) is 65.5 Å². The van der Waals surface area contributed by atoms with Gasteiger partial charge in [0.15, 0.2) is 0 Å². The molecule has 1 aromatic heterocycles. The van der Waals surface area contributed by atoms with Gasteiger partial charge < -0.3 is 10.2 Å². The van der Waals surface area contributed by atoms with Gasteiger partial charge in [-0.1, -0.05) is 42.8 Å². The molecule has 1 aromatic carbocycles. The largest absolute Gasteiger partial charge is 0.332 e. The smallest absolute Gasteiger partial charge is 0.227 e. The Labute approximate surface area is 138 Å². The highest BCUT2D eigenvalue weighted by atomic mass is 16.2. The number of nitrogens with one attached hydrogen (secondary N) is 1. The molecule has 0 saturated carbocycles. The molecule has 0 aliphatic rings. The van der Waals surface area contributed by atoms with Gasteiger partial charge in [-0.2, -0.15) is 0 Å². The van der Waals surface area contributed by atoms with Crippen LogP contribution in [0.2, 0.25) is 0 Å². The number of hydrogen-bond acceptors (Lipinski definition) is 3. The van der Waals surface area contributed by atoms with E-state index in [0.717, 1.165) is 11.3 Å². The molecule has 0 aliphatic heterocycles. The van der Waals surface area contributed by atoms with Gasteiger partial charge in [-0.05, 0) is 31.7 Å². The molecule has 0 aliphatic carbocycles. The van der Waals surface area contributed by atoms with Crippen molar-refractivity contribution >= 4 is 5.91 Å². The lowest BCUT2D eigenvalue weighted by atomic mass is 10.1. The average molecular weight is 311 g/mol. The third-order valence-electron chi connectivity index (χ3n) is 3.78. The summed E-state index contributed by atoms with van der Waals surface area (Å²) in [6.45, 7) is 5.83. The first-order chi connectivity index (χ1) is 11.1. The van der Waals surface area contributed by atoms with Crippen LogP contribution in [0, 0.1) is 12.8 Å². The minimum Gasteiger partial charge on any atom is -0.332 e. The van der Waals surface area contributed by atoms with Gasteiger partial charge in [0.2, 0.25) is 5.91 Å². The van der Waals surface area contributed by atoms with E-state index in [0.29, 0.717) is 19.6 Å². The van der Waals surface area contributed by atoms with Gasteiger partial charge in [0.25, 0.3) is 0 Å². The summed E-state index contributed by atoms with van der Waals surface area (Å²) in [5, 5.41) is 3.08. The summed E-state index contributed by atoms with van der Waals surface area (Å²) < 4.78 is 0. The van der Waals surface area contributed by atoms with E-state index in [1.165, 1.54) is 5.56 Å². The Kier molecular flexibility index (Phi) is 6.29. The molecule has 4 heteroatoms. The third-order valence-corrected chi connectivity index (χ3v) is 3.78. The van der Waals surface area contributed by atoms with E-state index in [-0.39, 0.29) is 11.8 Å². The summed E-state index contributed by atoms with van der Waals surface area (Å²) in [6, 6.07) is 14.1. The number of benzene rings is 1. The number of hydrogen-bond donors (Lipinski definition) is 1. The maximum Gasteiger partial charge on any atom is 0.227 e. The summed E-state index contributed by atoms with van der Waals surface area (Å²) >= 11 is 0. The highest BCUT2D eigenvalue weighted by Crippen LogP contribution is 2.13. The molecule has 1 unspecified atom stereocenters. The normalized spacial score (nSPS) is 12.0. The Morgan fingerprint density at radius 1 is 1.22 bits per heavy atom. The standard InChI is InChI=1S/C19H25N3O/c1-15-7-6-8-17(11-15)13-22(19(23)16(2)12-20-3)14-18-9-4-5-10-21-18/h4-11,16,20H,12-14H2,1-3H3. The molecule has 0 saturated heterocycles. The first kappa shape index (κ1) is 17.2. The highest BCUT2D eigenvalue weighted by Gasteiger charge is 2.21. The lowest BCUT2D eigenvalue weighted by Gasteiger charge is -2.26. The number of rotatable bonds is 7. The SMILES string of the molecule is CNCC(C)C(=O)N(Cc1cccc(C)c1)Cc1ccccn1. The van der Waals surface area contributed by atoms with Crippen LogP contribution in [0.15, 0.2) is 48.7 Å². The number of carbonyl (C=O) groups excluding carboxylic acids is 1. The molecule has 0 spiro atoms. The van der Waals surface area contributed by atoms with Gasteiger partial charge in [0, 0.05) is 25.2 Å². The molecule has 0 bridgehead atoms. The van der Waals surface area contributed by atoms with Crippen molar-refractivity contribution in [3.63, 3.8) is 0 Å². The van der Waals surface area contributed by atoms with E-state index >= 15 is 0 Å². The Morgan fingerprint density at radius 2 is 2.04 bits per heavy atom. The number of carbonyl (C=O) groups is 1. The predicted octanol–water partition coefficient (Wildman–Crippen LogP) is 2.77. The van der Waals surface area contributed by atoms with Crippen LogP contribution in [0.5, 0.6) is 0 Å². The fourth-order valence-corrected chi connectivity index (χ4v) is 2.63. The van der Waals surface area contributed by atoms with E-state index in [1.54, 1.807) is 6.20 Å². The Balaban J connectivity index is 2.18. The van der Waals surface area contributed by atoms with Crippen LogP contribution in [0.4, 0.5) is 0 Å². The van der Waals surface area contributed by atoms with Crippen molar-refractivity contribution < 1.29 is 4.79 Å². The first-order valence-corrected chi connectivity index (χ1v) is 7.99. The van der Waals surface area contributed by atoms with Crippen molar-refractivity contribution in [2.75, 3.05) is 13.6 Å². The van der Waals surface area contributed by atoms with Crippen molar-refractivity contribution in [2.45, 2.75) is 26.9 Å². The first-order valence-electron chi connectivity index (χ1n) is 7.99. The van der Waals surface area contributed by atoms with Crippen LogP contribution in [-0.4, -0.2) is 29.4 Å². The lowest BCUT2D eigenvalue weighted by molar-refractivity contribution is -0.136. The Morgan fingerprint density at radius 3 is 2.70 bits per heavy atom. The zero-order valence-corrected chi connectivity index (χ0v) is 14.1.